The Bertz CT molecular complexity index is 687. The van der Waals surface area contributed by atoms with Crippen LogP contribution in [0.15, 0.2) is 41.8 Å². The Labute approximate surface area is 132 Å². The Morgan fingerprint density at radius 2 is 2.00 bits per heavy atom. The summed E-state index contributed by atoms with van der Waals surface area (Å²) in [5.41, 5.74) is 1.47. The molecule has 1 heterocycles. The molecule has 0 aliphatic heterocycles. The van der Waals surface area contributed by atoms with Gasteiger partial charge in [-0.15, -0.1) is 11.3 Å². The fourth-order valence-electron chi connectivity index (χ4n) is 1.88. The van der Waals surface area contributed by atoms with Gasteiger partial charge < -0.3 is 10.6 Å². The van der Waals surface area contributed by atoms with E-state index in [1.807, 2.05) is 18.4 Å². The topological polar surface area (TPSA) is 82.0 Å². The number of carbonyl (C=O) groups excluding carboxylic acids is 2. The fraction of sp³-hybridized carbons (Fsp3) is 0.188. The van der Waals surface area contributed by atoms with Crippen LogP contribution in [0.4, 0.5) is 0 Å². The second-order valence-corrected chi connectivity index (χ2v) is 5.63. The summed E-state index contributed by atoms with van der Waals surface area (Å²) in [6.45, 7) is 1.78. The molecule has 0 saturated carbocycles. The van der Waals surface area contributed by atoms with Gasteiger partial charge in [0.05, 0.1) is 29.1 Å². The lowest BCUT2D eigenvalue weighted by Crippen LogP contribution is -2.37. The Morgan fingerprint density at radius 3 is 2.59 bits per heavy atom. The lowest BCUT2D eigenvalue weighted by atomic mass is 10.1. The quantitative estimate of drug-likeness (QED) is 0.888. The van der Waals surface area contributed by atoms with E-state index in [-0.39, 0.29) is 24.4 Å². The molecule has 0 bridgehead atoms. The number of hydrogen-bond acceptors (Lipinski definition) is 4. The van der Waals surface area contributed by atoms with E-state index in [9.17, 15) is 9.59 Å². The molecule has 0 aliphatic carbocycles. The fourth-order valence-corrected chi connectivity index (χ4v) is 2.52. The minimum absolute atomic E-state index is 0.0721. The predicted molar refractivity (Wildman–Crippen MR) is 84.4 cm³/mol. The number of nitrogens with zero attached hydrogens (tertiary/aromatic N) is 1. The lowest BCUT2D eigenvalue weighted by molar-refractivity contribution is -0.120. The van der Waals surface area contributed by atoms with Crippen molar-refractivity contribution in [2.24, 2.45) is 0 Å². The Balaban J connectivity index is 1.83. The van der Waals surface area contributed by atoms with Crippen molar-refractivity contribution < 1.29 is 9.59 Å². The first kappa shape index (κ1) is 15.7. The first-order valence-electron chi connectivity index (χ1n) is 6.71. The van der Waals surface area contributed by atoms with Crippen LogP contribution in [-0.2, 0) is 4.79 Å². The maximum absolute atomic E-state index is 11.8. The molecule has 22 heavy (non-hydrogen) atoms. The van der Waals surface area contributed by atoms with Crippen LogP contribution in [0.2, 0.25) is 0 Å². The molecule has 1 aromatic heterocycles. The summed E-state index contributed by atoms with van der Waals surface area (Å²) in [5.74, 6) is -0.516. The second kappa shape index (κ2) is 7.38. The Morgan fingerprint density at radius 1 is 1.27 bits per heavy atom. The van der Waals surface area contributed by atoms with Gasteiger partial charge >= 0.3 is 0 Å². The van der Waals surface area contributed by atoms with Crippen LogP contribution in [0, 0.1) is 11.3 Å². The molecule has 0 radical (unpaired) electrons. The summed E-state index contributed by atoms with van der Waals surface area (Å²) in [6.07, 6.45) is 0. The van der Waals surface area contributed by atoms with E-state index in [0.717, 1.165) is 5.56 Å². The first-order valence-corrected chi connectivity index (χ1v) is 7.59. The Kier molecular flexibility index (Phi) is 5.28. The van der Waals surface area contributed by atoms with Crippen molar-refractivity contribution >= 4 is 23.2 Å². The molecule has 0 saturated heterocycles. The molecule has 2 rings (SSSR count). The number of nitrogens with one attached hydrogen (secondary N) is 2. The maximum Gasteiger partial charge on any atom is 0.261 e. The average Bonchev–Trinajstić information content (AvgIpc) is 3.07. The molecule has 0 spiro atoms. The third kappa shape index (κ3) is 4.17. The predicted octanol–water partition coefficient (Wildman–Crippen LogP) is 2.23. The summed E-state index contributed by atoms with van der Waals surface area (Å²) in [7, 11) is 0. The van der Waals surface area contributed by atoms with Gasteiger partial charge in [0.25, 0.3) is 5.91 Å². The highest BCUT2D eigenvalue weighted by Gasteiger charge is 2.12. The molecule has 2 amide bonds. The monoisotopic (exact) mass is 313 g/mol. The van der Waals surface area contributed by atoms with Crippen LogP contribution in [-0.4, -0.2) is 18.4 Å². The van der Waals surface area contributed by atoms with Gasteiger partial charge in [-0.3, -0.25) is 9.59 Å². The molecule has 6 heteroatoms. The van der Waals surface area contributed by atoms with E-state index < -0.39 is 0 Å². The third-order valence-corrected chi connectivity index (χ3v) is 3.94. The molecule has 1 aromatic carbocycles. The number of thiophene rings is 1. The number of carbonyl (C=O) groups is 2. The summed E-state index contributed by atoms with van der Waals surface area (Å²) in [6, 6.07) is 12.3. The molecule has 0 aliphatic rings. The van der Waals surface area contributed by atoms with Crippen molar-refractivity contribution in [3.8, 4) is 6.07 Å². The number of benzene rings is 1. The summed E-state index contributed by atoms with van der Waals surface area (Å²) in [4.78, 5) is 24.2. The molecule has 112 valence electrons. The third-order valence-electron chi connectivity index (χ3n) is 3.07. The molecule has 5 nitrogen and oxygen atoms in total. The van der Waals surface area contributed by atoms with Gasteiger partial charge in [-0.1, -0.05) is 18.2 Å². The van der Waals surface area contributed by atoms with E-state index in [4.69, 9.17) is 5.26 Å². The van der Waals surface area contributed by atoms with Crippen LogP contribution in [0.25, 0.3) is 0 Å². The van der Waals surface area contributed by atoms with Gasteiger partial charge in [0.2, 0.25) is 5.91 Å². The minimum atomic E-state index is -0.262. The van der Waals surface area contributed by atoms with E-state index in [0.29, 0.717) is 10.4 Å². The lowest BCUT2D eigenvalue weighted by Gasteiger charge is -2.14. The normalized spacial score (nSPS) is 11.3. The second-order valence-electron chi connectivity index (χ2n) is 4.68. The summed E-state index contributed by atoms with van der Waals surface area (Å²) < 4.78 is 0. The van der Waals surface area contributed by atoms with Gasteiger partial charge in [0.15, 0.2) is 0 Å². The van der Waals surface area contributed by atoms with E-state index in [2.05, 4.69) is 10.6 Å². The largest absolute Gasteiger partial charge is 0.348 e. The molecular formula is C16H15N3O2S. The molecule has 0 fully saturated rings. The molecule has 2 N–H and O–H groups in total. The summed E-state index contributed by atoms with van der Waals surface area (Å²) >= 11 is 1.33. The maximum atomic E-state index is 11.8. The molecule has 1 atom stereocenters. The Hall–Kier alpha value is -2.65. The van der Waals surface area contributed by atoms with Crippen LogP contribution >= 0.6 is 11.3 Å². The number of nitriles is 1. The number of rotatable bonds is 5. The number of amides is 2. The number of hydrogen-bond donors (Lipinski definition) is 2. The van der Waals surface area contributed by atoms with Crippen LogP contribution in [0.5, 0.6) is 0 Å². The first-order chi connectivity index (χ1) is 10.6. The van der Waals surface area contributed by atoms with Gasteiger partial charge in [-0.2, -0.15) is 5.26 Å². The van der Waals surface area contributed by atoms with E-state index in [1.165, 1.54) is 11.3 Å². The van der Waals surface area contributed by atoms with Crippen molar-refractivity contribution in [3.05, 3.63) is 57.8 Å². The standard InChI is InChI=1S/C16H15N3O2S/c1-11(13-6-4-12(9-17)5-7-13)19-15(20)10-18-16(21)14-3-2-8-22-14/h2-8,11H,10H2,1H3,(H,18,21)(H,19,20). The van der Waals surface area contributed by atoms with Gasteiger partial charge in [-0.05, 0) is 36.1 Å². The zero-order valence-electron chi connectivity index (χ0n) is 12.0. The smallest absolute Gasteiger partial charge is 0.261 e. The zero-order valence-corrected chi connectivity index (χ0v) is 12.8. The van der Waals surface area contributed by atoms with Crippen molar-refractivity contribution in [3.63, 3.8) is 0 Å². The van der Waals surface area contributed by atoms with Gasteiger partial charge in [-0.25, -0.2) is 0 Å². The molecule has 1 unspecified atom stereocenters. The molecular weight excluding hydrogens is 298 g/mol. The summed E-state index contributed by atoms with van der Waals surface area (Å²) in [5, 5.41) is 15.9. The zero-order chi connectivity index (χ0) is 15.9. The SMILES string of the molecule is CC(NC(=O)CNC(=O)c1cccs1)c1ccc(C#N)cc1. The molecule has 2 aromatic rings. The van der Waals surface area contributed by atoms with Crippen molar-refractivity contribution in [2.45, 2.75) is 13.0 Å². The average molecular weight is 313 g/mol. The van der Waals surface area contributed by atoms with Crippen molar-refractivity contribution in [1.82, 2.24) is 10.6 Å². The minimum Gasteiger partial charge on any atom is -0.348 e. The van der Waals surface area contributed by atoms with Gasteiger partial charge in [0.1, 0.15) is 0 Å². The van der Waals surface area contributed by atoms with Crippen LogP contribution in [0.3, 0.4) is 0 Å². The van der Waals surface area contributed by atoms with Crippen molar-refractivity contribution in [2.75, 3.05) is 6.54 Å². The van der Waals surface area contributed by atoms with E-state index in [1.54, 1.807) is 36.4 Å². The van der Waals surface area contributed by atoms with E-state index >= 15 is 0 Å². The van der Waals surface area contributed by atoms with Crippen LogP contribution < -0.4 is 10.6 Å². The van der Waals surface area contributed by atoms with Gasteiger partial charge in [0, 0.05) is 0 Å². The van der Waals surface area contributed by atoms with Crippen molar-refractivity contribution in [1.29, 1.82) is 5.26 Å². The highest BCUT2D eigenvalue weighted by atomic mass is 32.1. The highest BCUT2D eigenvalue weighted by Crippen LogP contribution is 2.13. The highest BCUT2D eigenvalue weighted by molar-refractivity contribution is 7.12. The van der Waals surface area contributed by atoms with Crippen LogP contribution in [0.1, 0.15) is 33.8 Å².